The van der Waals surface area contributed by atoms with Crippen molar-refractivity contribution in [2.24, 2.45) is 16.7 Å². The van der Waals surface area contributed by atoms with E-state index in [1.54, 1.807) is 0 Å². The van der Waals surface area contributed by atoms with Crippen LogP contribution in [0, 0.1) is 16.7 Å². The quantitative estimate of drug-likeness (QED) is 0.275. The van der Waals surface area contributed by atoms with E-state index in [2.05, 4.69) is 55.5 Å². The molecule has 1 aliphatic heterocycles. The molecule has 5 aliphatic rings. The van der Waals surface area contributed by atoms with Gasteiger partial charge in [-0.25, -0.2) is 4.79 Å². The first-order chi connectivity index (χ1) is 19.9. The second kappa shape index (κ2) is 18.0. The van der Waals surface area contributed by atoms with E-state index < -0.39 is 6.03 Å². The summed E-state index contributed by atoms with van der Waals surface area (Å²) in [6, 6.07) is -0.422. The average molecular weight is 567 g/mol. The molecule has 5 nitrogen and oxygen atoms in total. The minimum atomic E-state index is -0.422. The van der Waals surface area contributed by atoms with Gasteiger partial charge in [-0.1, -0.05) is 111 Å². The predicted molar refractivity (Wildman–Crippen MR) is 173 cm³/mol. The number of carbonyl (C=O) groups is 3. The van der Waals surface area contributed by atoms with Gasteiger partial charge in [-0.2, -0.15) is 0 Å². The van der Waals surface area contributed by atoms with Crippen molar-refractivity contribution in [1.82, 2.24) is 9.80 Å². The lowest BCUT2D eigenvalue weighted by Gasteiger charge is -2.34. The van der Waals surface area contributed by atoms with Crippen LogP contribution in [0.15, 0.2) is 59.8 Å². The molecule has 41 heavy (non-hydrogen) atoms. The van der Waals surface area contributed by atoms with Crippen LogP contribution in [0.5, 0.6) is 0 Å². The number of carbonyl (C=O) groups excluding carboxylic acids is 3. The van der Waals surface area contributed by atoms with Crippen LogP contribution < -0.4 is 0 Å². The number of allylic oxidation sites excluding steroid dienone is 10. The molecule has 230 valence electrons. The molecule has 2 saturated carbocycles. The second-order valence-corrected chi connectivity index (χ2v) is 10.5. The highest BCUT2D eigenvalue weighted by Crippen LogP contribution is 2.57. The maximum Gasteiger partial charge on any atom is 0.333 e. The lowest BCUT2D eigenvalue weighted by molar-refractivity contribution is -0.142. The summed E-state index contributed by atoms with van der Waals surface area (Å²) >= 11 is 0. The summed E-state index contributed by atoms with van der Waals surface area (Å²) in [5.74, 6) is -0.160. The zero-order chi connectivity index (χ0) is 31.1. The molecule has 0 aromatic heterocycles. The Kier molecular flexibility index (Phi) is 15.9. The van der Waals surface area contributed by atoms with Gasteiger partial charge in [0.05, 0.1) is 0 Å². The molecule has 5 heteroatoms. The molecule has 1 saturated heterocycles. The highest BCUT2D eigenvalue weighted by molar-refractivity contribution is 6.14. The van der Waals surface area contributed by atoms with E-state index >= 15 is 0 Å². The van der Waals surface area contributed by atoms with Crippen molar-refractivity contribution in [2.75, 3.05) is 13.1 Å². The van der Waals surface area contributed by atoms with Gasteiger partial charge in [0.25, 0.3) is 0 Å². The molecule has 0 aromatic rings. The number of rotatable bonds is 8. The number of nitrogens with zero attached hydrogens (tertiary/aromatic N) is 2. The summed E-state index contributed by atoms with van der Waals surface area (Å²) in [6.45, 7) is 19.0. The van der Waals surface area contributed by atoms with Gasteiger partial charge in [-0.3, -0.25) is 19.4 Å². The number of hydrogen-bond acceptors (Lipinski definition) is 3. The standard InChI is InChI=1S/C28H34N2O3.4C2H6/c1-21-7-6-10-23(19-21)28(13-14-28)16-18-30-25(32)20-24(31)29(26(30)33)17-15-27(11-12-27)22-8-4-2-3-5-9-22;4*1-2/h2,4-6,8-10,19,21H,3,7,11-18,20H2,1H3;4*1-2H3. The van der Waals surface area contributed by atoms with E-state index in [0.29, 0.717) is 19.0 Å². The van der Waals surface area contributed by atoms with Gasteiger partial charge in [-0.05, 0) is 79.3 Å². The number of urea groups is 1. The maximum atomic E-state index is 13.2. The third-order valence-electron chi connectivity index (χ3n) is 8.18. The smallest absolute Gasteiger partial charge is 0.274 e. The van der Waals surface area contributed by atoms with E-state index in [1.165, 1.54) is 20.9 Å². The van der Waals surface area contributed by atoms with Crippen molar-refractivity contribution in [1.29, 1.82) is 0 Å². The third kappa shape index (κ3) is 9.41. The number of imide groups is 2. The van der Waals surface area contributed by atoms with Crippen LogP contribution in [0.1, 0.15) is 120 Å². The molecule has 0 bridgehead atoms. The zero-order valence-electron chi connectivity index (χ0n) is 27.6. The largest absolute Gasteiger partial charge is 0.333 e. The van der Waals surface area contributed by atoms with Crippen LogP contribution >= 0.6 is 0 Å². The molecule has 0 N–H and O–H groups in total. The molecular formula is C36H58N2O3. The third-order valence-corrected chi connectivity index (χ3v) is 8.18. The van der Waals surface area contributed by atoms with Crippen molar-refractivity contribution >= 4 is 17.8 Å². The van der Waals surface area contributed by atoms with Crippen LogP contribution in [0.25, 0.3) is 0 Å². The molecule has 0 radical (unpaired) electrons. The number of hydrogen-bond donors (Lipinski definition) is 0. The van der Waals surface area contributed by atoms with Gasteiger partial charge in [-0.15, -0.1) is 0 Å². The minimum absolute atomic E-state index is 0.0621. The number of amides is 4. The Morgan fingerprint density at radius 1 is 0.707 bits per heavy atom. The molecule has 1 unspecified atom stereocenters. The normalized spacial score (nSPS) is 22.7. The monoisotopic (exact) mass is 566 g/mol. The fourth-order valence-electron chi connectivity index (χ4n) is 5.57. The Morgan fingerprint density at radius 2 is 1.20 bits per heavy atom. The number of barbiturate groups is 1. The first-order valence-electron chi connectivity index (χ1n) is 16.5. The Hall–Kier alpha value is -2.69. The van der Waals surface area contributed by atoms with Crippen LogP contribution in [0.4, 0.5) is 4.79 Å². The van der Waals surface area contributed by atoms with Gasteiger partial charge in [0, 0.05) is 13.1 Å². The molecule has 4 aliphatic carbocycles. The lowest BCUT2D eigenvalue weighted by Crippen LogP contribution is -2.55. The van der Waals surface area contributed by atoms with Crippen LogP contribution in [0.2, 0.25) is 0 Å². The SMILES string of the molecule is CC.CC.CC.CC.CC1C=C(C2(CCN3C(=O)CC(=O)N(CCC4(C5=CC=CCC=C5)CC4)C3=O)CC2)C=CC1. The molecule has 0 spiro atoms. The predicted octanol–water partition coefficient (Wildman–Crippen LogP) is 9.58. The first-order valence-corrected chi connectivity index (χ1v) is 16.5. The van der Waals surface area contributed by atoms with Crippen LogP contribution in [0.3, 0.4) is 0 Å². The topological polar surface area (TPSA) is 57.7 Å². The van der Waals surface area contributed by atoms with E-state index in [-0.39, 0.29) is 29.1 Å². The molecular weight excluding hydrogens is 508 g/mol. The molecule has 5 rings (SSSR count). The van der Waals surface area contributed by atoms with Gasteiger partial charge in [0.2, 0.25) is 11.8 Å². The van der Waals surface area contributed by atoms with E-state index in [9.17, 15) is 14.4 Å². The van der Waals surface area contributed by atoms with Gasteiger partial charge < -0.3 is 0 Å². The summed E-state index contributed by atoms with van der Waals surface area (Å²) in [6.07, 6.45) is 25.3. The lowest BCUT2D eigenvalue weighted by atomic mass is 9.85. The molecule has 3 fully saturated rings. The summed E-state index contributed by atoms with van der Waals surface area (Å²) in [5.41, 5.74) is 2.81. The molecule has 1 atom stereocenters. The molecule has 0 aromatic carbocycles. The summed E-state index contributed by atoms with van der Waals surface area (Å²) in [5, 5.41) is 0. The zero-order valence-corrected chi connectivity index (χ0v) is 27.6. The highest BCUT2D eigenvalue weighted by Gasteiger charge is 2.48. The molecule has 4 amide bonds. The summed E-state index contributed by atoms with van der Waals surface area (Å²) in [4.78, 5) is 41.1. The Balaban J connectivity index is 0.000000969. The highest BCUT2D eigenvalue weighted by atomic mass is 16.2. The summed E-state index contributed by atoms with van der Waals surface area (Å²) < 4.78 is 0. The van der Waals surface area contributed by atoms with Crippen LogP contribution in [-0.2, 0) is 9.59 Å². The average Bonchev–Trinajstić information content (AvgIpc) is 3.92. The van der Waals surface area contributed by atoms with Crippen molar-refractivity contribution in [3.05, 3.63) is 59.8 Å². The van der Waals surface area contributed by atoms with Crippen LogP contribution in [-0.4, -0.2) is 40.7 Å². The van der Waals surface area contributed by atoms with Gasteiger partial charge in [0.1, 0.15) is 6.42 Å². The minimum Gasteiger partial charge on any atom is -0.274 e. The Labute approximate surface area is 251 Å². The van der Waals surface area contributed by atoms with Crippen molar-refractivity contribution in [2.45, 2.75) is 120 Å². The summed E-state index contributed by atoms with van der Waals surface area (Å²) in [7, 11) is 0. The van der Waals surface area contributed by atoms with Gasteiger partial charge in [0.15, 0.2) is 0 Å². The van der Waals surface area contributed by atoms with Gasteiger partial charge >= 0.3 is 6.03 Å². The first kappa shape index (κ1) is 36.3. The Morgan fingerprint density at radius 3 is 1.68 bits per heavy atom. The second-order valence-electron chi connectivity index (χ2n) is 10.5. The van der Waals surface area contributed by atoms with Crippen molar-refractivity contribution in [3.8, 4) is 0 Å². The van der Waals surface area contributed by atoms with E-state index in [4.69, 9.17) is 0 Å². The van der Waals surface area contributed by atoms with E-state index in [0.717, 1.165) is 51.4 Å². The Bertz CT molecular complexity index is 1010. The van der Waals surface area contributed by atoms with E-state index in [1.807, 2.05) is 55.4 Å². The van der Waals surface area contributed by atoms with Crippen molar-refractivity contribution < 1.29 is 14.4 Å². The maximum absolute atomic E-state index is 13.2. The molecule has 1 heterocycles. The fraction of sp³-hybridized carbons (Fsp3) is 0.639. The van der Waals surface area contributed by atoms with Crippen molar-refractivity contribution in [3.63, 3.8) is 0 Å². The fourth-order valence-corrected chi connectivity index (χ4v) is 5.57.